The van der Waals surface area contributed by atoms with E-state index in [0.29, 0.717) is 30.1 Å². The summed E-state index contributed by atoms with van der Waals surface area (Å²) in [5, 5.41) is 7.75. The van der Waals surface area contributed by atoms with Crippen molar-refractivity contribution in [2.24, 2.45) is 0 Å². The van der Waals surface area contributed by atoms with E-state index in [1.54, 1.807) is 0 Å². The minimum absolute atomic E-state index is 0.510. The topological polar surface area (TPSA) is 56.1 Å². The highest BCUT2D eigenvalue weighted by Crippen LogP contribution is 2.29. The molecular weight excluding hydrogens is 261 g/mol. The maximum atomic E-state index is 14.1. The molecule has 1 fully saturated rings. The number of rotatable bonds is 1. The second-order valence-electron chi connectivity index (χ2n) is 5.25. The number of hydrogen-bond donors (Lipinski definition) is 0. The van der Waals surface area contributed by atoms with Crippen molar-refractivity contribution in [3.63, 3.8) is 0 Å². The lowest BCUT2D eigenvalue weighted by molar-refractivity contribution is 0.122. The molecule has 0 radical (unpaired) electrons. The third-order valence-corrected chi connectivity index (χ3v) is 4.03. The van der Waals surface area contributed by atoms with Crippen LogP contribution in [-0.2, 0) is 17.7 Å². The minimum atomic E-state index is -0.516. The number of aryl methyl sites for hydroxylation is 2. The molecule has 0 unspecified atom stereocenters. The standard InChI is InChI=1S/C13H16FN5O/c14-12-11-10(15-9-3-1-2-4-19(9)11)13(17-16-12)18-5-7-20-8-6-18/h1-8H2. The van der Waals surface area contributed by atoms with Crippen molar-refractivity contribution < 1.29 is 9.13 Å². The van der Waals surface area contributed by atoms with Gasteiger partial charge < -0.3 is 14.2 Å². The average Bonchev–Trinajstić information content (AvgIpc) is 2.88. The Kier molecular flexibility index (Phi) is 2.80. The number of morpholine rings is 1. The summed E-state index contributed by atoms with van der Waals surface area (Å²) >= 11 is 0. The number of ether oxygens (including phenoxy) is 1. The number of fused-ring (bicyclic) bond motifs is 3. The Morgan fingerprint density at radius 2 is 1.90 bits per heavy atom. The van der Waals surface area contributed by atoms with E-state index in [0.717, 1.165) is 44.7 Å². The summed E-state index contributed by atoms with van der Waals surface area (Å²) in [5.41, 5.74) is 1.16. The number of aromatic nitrogens is 4. The quantitative estimate of drug-likeness (QED) is 0.782. The molecule has 2 aliphatic rings. The molecule has 0 aromatic carbocycles. The molecule has 0 atom stereocenters. The van der Waals surface area contributed by atoms with Crippen molar-refractivity contribution >= 4 is 16.9 Å². The van der Waals surface area contributed by atoms with Crippen LogP contribution in [0, 0.1) is 5.95 Å². The van der Waals surface area contributed by atoms with Crippen LogP contribution in [0.15, 0.2) is 0 Å². The van der Waals surface area contributed by atoms with Crippen molar-refractivity contribution in [2.45, 2.75) is 25.8 Å². The lowest BCUT2D eigenvalue weighted by atomic mass is 10.2. The van der Waals surface area contributed by atoms with Gasteiger partial charge >= 0.3 is 0 Å². The van der Waals surface area contributed by atoms with Crippen LogP contribution in [0.1, 0.15) is 18.7 Å². The van der Waals surface area contributed by atoms with Gasteiger partial charge in [-0.1, -0.05) is 0 Å². The average molecular weight is 277 g/mol. The highest BCUT2D eigenvalue weighted by Gasteiger charge is 2.24. The van der Waals surface area contributed by atoms with Crippen LogP contribution in [0.25, 0.3) is 11.0 Å². The lowest BCUT2D eigenvalue weighted by Crippen LogP contribution is -2.37. The van der Waals surface area contributed by atoms with Gasteiger partial charge in [0.2, 0.25) is 0 Å². The van der Waals surface area contributed by atoms with E-state index in [4.69, 9.17) is 4.74 Å². The third kappa shape index (κ3) is 1.76. The molecule has 0 saturated carbocycles. The van der Waals surface area contributed by atoms with Crippen molar-refractivity contribution in [3.05, 3.63) is 11.8 Å². The van der Waals surface area contributed by atoms with Crippen LogP contribution in [0.3, 0.4) is 0 Å². The second kappa shape index (κ2) is 4.66. The Morgan fingerprint density at radius 3 is 2.75 bits per heavy atom. The summed E-state index contributed by atoms with van der Waals surface area (Å²) < 4.78 is 21.4. The molecule has 2 aliphatic heterocycles. The van der Waals surface area contributed by atoms with Crippen LogP contribution in [0.2, 0.25) is 0 Å². The van der Waals surface area contributed by atoms with Gasteiger partial charge in [0.15, 0.2) is 5.82 Å². The molecule has 1 saturated heterocycles. The van der Waals surface area contributed by atoms with Crippen LogP contribution >= 0.6 is 0 Å². The number of hydrogen-bond acceptors (Lipinski definition) is 5. The van der Waals surface area contributed by atoms with E-state index in [-0.39, 0.29) is 0 Å². The van der Waals surface area contributed by atoms with Gasteiger partial charge in [0.25, 0.3) is 5.95 Å². The van der Waals surface area contributed by atoms with Crippen LogP contribution in [0.4, 0.5) is 10.2 Å². The van der Waals surface area contributed by atoms with Gasteiger partial charge in [-0.3, -0.25) is 0 Å². The fourth-order valence-electron chi connectivity index (χ4n) is 3.02. The smallest absolute Gasteiger partial charge is 0.259 e. The first-order chi connectivity index (χ1) is 9.84. The van der Waals surface area contributed by atoms with Crippen LogP contribution in [-0.4, -0.2) is 46.1 Å². The Morgan fingerprint density at radius 1 is 1.05 bits per heavy atom. The molecule has 0 N–H and O–H groups in total. The number of imidazole rings is 1. The molecule has 7 heteroatoms. The maximum absolute atomic E-state index is 14.1. The summed E-state index contributed by atoms with van der Waals surface area (Å²) in [6.45, 7) is 3.63. The molecule has 2 aromatic rings. The van der Waals surface area contributed by atoms with E-state index in [1.807, 2.05) is 4.57 Å². The molecule has 4 heterocycles. The number of nitrogens with zero attached hydrogens (tertiary/aromatic N) is 5. The first-order valence-corrected chi connectivity index (χ1v) is 7.08. The fourth-order valence-corrected chi connectivity index (χ4v) is 3.02. The van der Waals surface area contributed by atoms with Gasteiger partial charge in [0.1, 0.15) is 16.9 Å². The van der Waals surface area contributed by atoms with Crippen LogP contribution < -0.4 is 4.90 Å². The van der Waals surface area contributed by atoms with Crippen molar-refractivity contribution in [3.8, 4) is 0 Å². The summed E-state index contributed by atoms with van der Waals surface area (Å²) in [7, 11) is 0. The number of anilines is 1. The first-order valence-electron chi connectivity index (χ1n) is 7.08. The Labute approximate surface area is 115 Å². The summed E-state index contributed by atoms with van der Waals surface area (Å²) in [6.07, 6.45) is 3.07. The van der Waals surface area contributed by atoms with Gasteiger partial charge in [-0.15, -0.1) is 10.2 Å². The van der Waals surface area contributed by atoms with Crippen molar-refractivity contribution in [1.82, 2.24) is 19.7 Å². The van der Waals surface area contributed by atoms with E-state index in [9.17, 15) is 4.39 Å². The second-order valence-corrected chi connectivity index (χ2v) is 5.25. The lowest BCUT2D eigenvalue weighted by Gasteiger charge is -2.27. The zero-order valence-corrected chi connectivity index (χ0v) is 11.2. The van der Waals surface area contributed by atoms with E-state index in [1.165, 1.54) is 0 Å². The van der Waals surface area contributed by atoms with Gasteiger partial charge in [0.05, 0.1) is 13.2 Å². The molecule has 4 rings (SSSR count). The van der Waals surface area contributed by atoms with Gasteiger partial charge in [0, 0.05) is 26.1 Å². The minimum Gasteiger partial charge on any atom is -0.378 e. The Balaban J connectivity index is 1.89. The number of halogens is 1. The highest BCUT2D eigenvalue weighted by molar-refractivity contribution is 5.86. The van der Waals surface area contributed by atoms with Crippen LogP contribution in [0.5, 0.6) is 0 Å². The van der Waals surface area contributed by atoms with Gasteiger partial charge in [-0.25, -0.2) is 4.98 Å². The molecule has 0 amide bonds. The maximum Gasteiger partial charge on any atom is 0.259 e. The molecule has 0 aliphatic carbocycles. The molecule has 6 nitrogen and oxygen atoms in total. The normalized spacial score (nSPS) is 19.4. The molecule has 106 valence electrons. The summed E-state index contributed by atoms with van der Waals surface area (Å²) in [6, 6.07) is 0. The molecule has 0 spiro atoms. The van der Waals surface area contributed by atoms with E-state index >= 15 is 0 Å². The predicted octanol–water partition coefficient (Wildman–Crippen LogP) is 1.14. The van der Waals surface area contributed by atoms with Crippen molar-refractivity contribution in [1.29, 1.82) is 0 Å². The largest absolute Gasteiger partial charge is 0.378 e. The highest BCUT2D eigenvalue weighted by atomic mass is 19.1. The Bertz CT molecular complexity index is 650. The zero-order chi connectivity index (χ0) is 13.5. The van der Waals surface area contributed by atoms with E-state index in [2.05, 4.69) is 20.1 Å². The van der Waals surface area contributed by atoms with E-state index < -0.39 is 5.95 Å². The zero-order valence-electron chi connectivity index (χ0n) is 11.2. The van der Waals surface area contributed by atoms with Gasteiger partial charge in [-0.05, 0) is 12.8 Å². The molecule has 0 bridgehead atoms. The van der Waals surface area contributed by atoms with Crippen molar-refractivity contribution in [2.75, 3.05) is 31.2 Å². The predicted molar refractivity (Wildman–Crippen MR) is 71.3 cm³/mol. The summed E-state index contributed by atoms with van der Waals surface area (Å²) in [4.78, 5) is 6.71. The monoisotopic (exact) mass is 277 g/mol. The molecule has 20 heavy (non-hydrogen) atoms. The molecular formula is C13H16FN5O. The third-order valence-electron chi connectivity index (χ3n) is 4.03. The fraction of sp³-hybridized carbons (Fsp3) is 0.615. The first kappa shape index (κ1) is 12.0. The molecule has 2 aromatic heterocycles. The SMILES string of the molecule is Fc1nnc(N2CCOCC2)c2nc3n(c12)CCCC3. The Hall–Kier alpha value is -1.76. The summed E-state index contributed by atoms with van der Waals surface area (Å²) in [5.74, 6) is 1.12. The van der Waals surface area contributed by atoms with Gasteiger partial charge in [-0.2, -0.15) is 4.39 Å².